The minimum absolute atomic E-state index is 0.0379. The van der Waals surface area contributed by atoms with Gasteiger partial charge in [-0.1, -0.05) is 24.3 Å². The lowest BCUT2D eigenvalue weighted by molar-refractivity contribution is -0.126. The summed E-state index contributed by atoms with van der Waals surface area (Å²) in [5.41, 5.74) is 9.11. The summed E-state index contributed by atoms with van der Waals surface area (Å²) in [6.07, 6.45) is 5.38. The SMILES string of the molecule is COc1cc(/C=C/C(=O)N2CCC(c3cccc(CN)c3)CC2)cc(OC)c1. The van der Waals surface area contributed by atoms with Gasteiger partial charge in [0.05, 0.1) is 14.2 Å². The molecule has 1 amide bonds. The van der Waals surface area contributed by atoms with Gasteiger partial charge in [-0.15, -0.1) is 0 Å². The lowest BCUT2D eigenvalue weighted by Crippen LogP contribution is -2.36. The quantitative estimate of drug-likeness (QED) is 0.778. The average molecular weight is 380 g/mol. The Balaban J connectivity index is 1.60. The van der Waals surface area contributed by atoms with Crippen molar-refractivity contribution in [3.05, 3.63) is 65.2 Å². The highest BCUT2D eigenvalue weighted by Crippen LogP contribution is 2.29. The van der Waals surface area contributed by atoms with Gasteiger partial charge in [-0.25, -0.2) is 0 Å². The van der Waals surface area contributed by atoms with Crippen molar-refractivity contribution in [2.75, 3.05) is 27.3 Å². The van der Waals surface area contributed by atoms with Crippen LogP contribution in [0.5, 0.6) is 11.5 Å². The van der Waals surface area contributed by atoms with Gasteiger partial charge in [0.1, 0.15) is 11.5 Å². The van der Waals surface area contributed by atoms with Crippen LogP contribution in [0.3, 0.4) is 0 Å². The van der Waals surface area contributed by atoms with E-state index in [0.717, 1.165) is 37.1 Å². The largest absolute Gasteiger partial charge is 0.497 e. The molecule has 148 valence electrons. The number of carbonyl (C=O) groups is 1. The minimum Gasteiger partial charge on any atom is -0.497 e. The Morgan fingerprint density at radius 1 is 1.11 bits per heavy atom. The molecule has 0 atom stereocenters. The fourth-order valence-electron chi connectivity index (χ4n) is 3.61. The van der Waals surface area contributed by atoms with Gasteiger partial charge < -0.3 is 20.1 Å². The molecule has 0 aromatic heterocycles. The Hall–Kier alpha value is -2.79. The Morgan fingerprint density at radius 2 is 1.79 bits per heavy atom. The first-order valence-electron chi connectivity index (χ1n) is 9.62. The fraction of sp³-hybridized carbons (Fsp3) is 0.348. The Bertz CT molecular complexity index is 817. The molecule has 5 nitrogen and oxygen atoms in total. The monoisotopic (exact) mass is 380 g/mol. The van der Waals surface area contributed by atoms with Crippen molar-refractivity contribution in [3.63, 3.8) is 0 Å². The molecule has 2 N–H and O–H groups in total. The van der Waals surface area contributed by atoms with Crippen LogP contribution in [0.4, 0.5) is 0 Å². The number of hydrogen-bond acceptors (Lipinski definition) is 4. The molecule has 1 saturated heterocycles. The van der Waals surface area contributed by atoms with Gasteiger partial charge in [-0.2, -0.15) is 0 Å². The number of nitrogens with two attached hydrogens (primary N) is 1. The van der Waals surface area contributed by atoms with Crippen molar-refractivity contribution >= 4 is 12.0 Å². The van der Waals surface area contributed by atoms with Crippen LogP contribution in [0.1, 0.15) is 35.4 Å². The first-order valence-corrected chi connectivity index (χ1v) is 9.62. The maximum Gasteiger partial charge on any atom is 0.246 e. The zero-order valence-corrected chi connectivity index (χ0v) is 16.6. The Labute approximate surface area is 166 Å². The number of hydrogen-bond donors (Lipinski definition) is 1. The highest BCUT2D eigenvalue weighted by molar-refractivity contribution is 5.92. The van der Waals surface area contributed by atoms with Gasteiger partial charge in [0.25, 0.3) is 0 Å². The third kappa shape index (κ3) is 4.93. The molecule has 28 heavy (non-hydrogen) atoms. The lowest BCUT2D eigenvalue weighted by Gasteiger charge is -2.31. The predicted molar refractivity (Wildman–Crippen MR) is 111 cm³/mol. The summed E-state index contributed by atoms with van der Waals surface area (Å²) in [5, 5.41) is 0. The topological polar surface area (TPSA) is 64.8 Å². The zero-order valence-electron chi connectivity index (χ0n) is 16.6. The van der Waals surface area contributed by atoms with Crippen LogP contribution < -0.4 is 15.2 Å². The maximum absolute atomic E-state index is 12.6. The summed E-state index contributed by atoms with van der Waals surface area (Å²) < 4.78 is 10.5. The molecule has 0 aliphatic carbocycles. The van der Waals surface area contributed by atoms with Gasteiger partial charge in [0, 0.05) is 31.8 Å². The zero-order chi connectivity index (χ0) is 19.9. The molecule has 0 saturated carbocycles. The molecule has 1 aliphatic heterocycles. The lowest BCUT2D eigenvalue weighted by atomic mass is 9.88. The van der Waals surface area contributed by atoms with E-state index in [-0.39, 0.29) is 5.91 Å². The maximum atomic E-state index is 12.6. The number of benzene rings is 2. The van der Waals surface area contributed by atoms with Crippen molar-refractivity contribution in [1.29, 1.82) is 0 Å². The van der Waals surface area contributed by atoms with E-state index < -0.39 is 0 Å². The number of amides is 1. The molecular weight excluding hydrogens is 352 g/mol. The van der Waals surface area contributed by atoms with Crippen molar-refractivity contribution in [1.82, 2.24) is 4.90 Å². The van der Waals surface area contributed by atoms with Crippen molar-refractivity contribution in [3.8, 4) is 11.5 Å². The number of nitrogens with zero attached hydrogens (tertiary/aromatic N) is 1. The molecule has 1 heterocycles. The molecule has 0 spiro atoms. The van der Waals surface area contributed by atoms with Gasteiger partial charge in [-0.05, 0) is 53.7 Å². The molecule has 0 unspecified atom stereocenters. The number of methoxy groups -OCH3 is 2. The first-order chi connectivity index (χ1) is 13.6. The Kier molecular flexibility index (Phi) is 6.71. The number of ether oxygens (including phenoxy) is 2. The molecule has 2 aromatic carbocycles. The summed E-state index contributed by atoms with van der Waals surface area (Å²) in [4.78, 5) is 14.5. The highest BCUT2D eigenvalue weighted by atomic mass is 16.5. The normalized spacial score (nSPS) is 15.0. The molecule has 5 heteroatoms. The van der Waals surface area contributed by atoms with Crippen LogP contribution in [0.15, 0.2) is 48.5 Å². The third-order valence-electron chi connectivity index (χ3n) is 5.26. The molecule has 3 rings (SSSR count). The van der Waals surface area contributed by atoms with Gasteiger partial charge in [0.15, 0.2) is 0 Å². The Morgan fingerprint density at radius 3 is 2.39 bits per heavy atom. The molecule has 0 radical (unpaired) electrons. The van der Waals surface area contributed by atoms with E-state index in [9.17, 15) is 4.79 Å². The molecular formula is C23H28N2O3. The smallest absolute Gasteiger partial charge is 0.246 e. The summed E-state index contributed by atoms with van der Waals surface area (Å²) in [5.74, 6) is 1.93. The number of rotatable bonds is 6. The number of piperidine rings is 1. The van der Waals surface area contributed by atoms with Gasteiger partial charge in [-0.3, -0.25) is 4.79 Å². The van der Waals surface area contributed by atoms with E-state index in [1.165, 1.54) is 5.56 Å². The van der Waals surface area contributed by atoms with Gasteiger partial charge in [0.2, 0.25) is 5.91 Å². The predicted octanol–water partition coefficient (Wildman–Crippen LogP) is 3.58. The van der Waals surface area contributed by atoms with Crippen molar-refractivity contribution < 1.29 is 14.3 Å². The van der Waals surface area contributed by atoms with Gasteiger partial charge >= 0.3 is 0 Å². The second-order valence-electron chi connectivity index (χ2n) is 7.03. The molecule has 0 bridgehead atoms. The van der Waals surface area contributed by atoms with Crippen LogP contribution in [0, 0.1) is 0 Å². The standard InChI is InChI=1S/C23H28N2O3/c1-27-21-13-17(14-22(15-21)28-2)6-7-23(26)25-10-8-19(9-11-25)20-5-3-4-18(12-20)16-24/h3-7,12-15,19H,8-11,16,24H2,1-2H3/b7-6+. The van der Waals surface area contributed by atoms with E-state index in [0.29, 0.717) is 24.0 Å². The van der Waals surface area contributed by atoms with E-state index >= 15 is 0 Å². The fourth-order valence-corrected chi connectivity index (χ4v) is 3.61. The average Bonchev–Trinajstić information content (AvgIpc) is 2.77. The molecule has 2 aromatic rings. The summed E-state index contributed by atoms with van der Waals surface area (Å²) in [7, 11) is 3.22. The molecule has 1 aliphatic rings. The van der Waals surface area contributed by atoms with Crippen LogP contribution in [-0.2, 0) is 11.3 Å². The second kappa shape index (κ2) is 9.42. The van der Waals surface area contributed by atoms with Crippen LogP contribution in [0.2, 0.25) is 0 Å². The number of likely N-dealkylation sites (tertiary alicyclic amines) is 1. The van der Waals surface area contributed by atoms with E-state index in [2.05, 4.69) is 24.3 Å². The van der Waals surface area contributed by atoms with Crippen molar-refractivity contribution in [2.24, 2.45) is 5.73 Å². The van der Waals surface area contributed by atoms with Crippen LogP contribution in [-0.4, -0.2) is 38.1 Å². The van der Waals surface area contributed by atoms with Crippen molar-refractivity contribution in [2.45, 2.75) is 25.3 Å². The summed E-state index contributed by atoms with van der Waals surface area (Å²) in [6, 6.07) is 14.0. The van der Waals surface area contributed by atoms with E-state index in [1.54, 1.807) is 20.3 Å². The summed E-state index contributed by atoms with van der Waals surface area (Å²) in [6.45, 7) is 2.09. The summed E-state index contributed by atoms with van der Waals surface area (Å²) >= 11 is 0. The number of carbonyl (C=O) groups excluding carboxylic acids is 1. The minimum atomic E-state index is 0.0379. The van der Waals surface area contributed by atoms with E-state index in [1.807, 2.05) is 29.2 Å². The highest BCUT2D eigenvalue weighted by Gasteiger charge is 2.22. The molecule has 1 fully saturated rings. The van der Waals surface area contributed by atoms with E-state index in [4.69, 9.17) is 15.2 Å². The van der Waals surface area contributed by atoms with Crippen LogP contribution in [0.25, 0.3) is 6.08 Å². The van der Waals surface area contributed by atoms with Crippen LogP contribution >= 0.6 is 0 Å². The second-order valence-corrected chi connectivity index (χ2v) is 7.03. The third-order valence-corrected chi connectivity index (χ3v) is 5.26. The first kappa shape index (κ1) is 20.0.